The number of aromatic nitrogens is 2. The lowest BCUT2D eigenvalue weighted by Gasteiger charge is -2.13. The highest BCUT2D eigenvalue weighted by Crippen LogP contribution is 2.25. The van der Waals surface area contributed by atoms with E-state index in [0.717, 1.165) is 16.5 Å². The Bertz CT molecular complexity index is 1040. The SMILES string of the molecule is C[C@@H](NS(N)(=O)=O)c1ccc(-c2n[nH]c(=O)c3ccccc23)cc1. The van der Waals surface area contributed by atoms with E-state index < -0.39 is 16.3 Å². The molecule has 0 aliphatic heterocycles. The number of nitrogens with zero attached hydrogens (tertiary/aromatic N) is 1. The van der Waals surface area contributed by atoms with Crippen LogP contribution >= 0.6 is 0 Å². The molecule has 3 aromatic rings. The Hall–Kier alpha value is -2.55. The van der Waals surface area contributed by atoms with Gasteiger partial charge >= 0.3 is 0 Å². The molecule has 2 aromatic carbocycles. The van der Waals surface area contributed by atoms with Gasteiger partial charge in [-0.25, -0.2) is 10.2 Å². The van der Waals surface area contributed by atoms with Gasteiger partial charge in [-0.15, -0.1) is 0 Å². The number of fused-ring (bicyclic) bond motifs is 1. The van der Waals surface area contributed by atoms with Crippen LogP contribution in [-0.4, -0.2) is 18.6 Å². The molecule has 0 amide bonds. The zero-order chi connectivity index (χ0) is 17.3. The number of H-pyrrole nitrogens is 1. The Kier molecular flexibility index (Phi) is 4.18. The second kappa shape index (κ2) is 6.16. The van der Waals surface area contributed by atoms with E-state index in [9.17, 15) is 13.2 Å². The number of nitrogens with one attached hydrogen (secondary N) is 2. The summed E-state index contributed by atoms with van der Waals surface area (Å²) in [5, 5.41) is 12.9. The number of hydrogen-bond acceptors (Lipinski definition) is 4. The third kappa shape index (κ3) is 3.35. The van der Waals surface area contributed by atoms with Gasteiger partial charge < -0.3 is 0 Å². The summed E-state index contributed by atoms with van der Waals surface area (Å²) in [5.74, 6) is 0. The standard InChI is InChI=1S/C16H16N4O3S/c1-10(20-24(17,22)23)11-6-8-12(9-7-11)15-13-4-2-3-5-14(13)16(21)19-18-15/h2-10,20H,1H3,(H,19,21)(H2,17,22,23)/t10-/m1/s1. The monoisotopic (exact) mass is 344 g/mol. The summed E-state index contributed by atoms with van der Waals surface area (Å²) in [4.78, 5) is 11.8. The molecule has 1 heterocycles. The van der Waals surface area contributed by atoms with Crippen molar-refractivity contribution in [2.24, 2.45) is 5.14 Å². The van der Waals surface area contributed by atoms with E-state index in [1.165, 1.54) is 0 Å². The van der Waals surface area contributed by atoms with Crippen molar-refractivity contribution in [1.29, 1.82) is 0 Å². The molecule has 4 N–H and O–H groups in total. The molecule has 0 radical (unpaired) electrons. The highest BCUT2D eigenvalue weighted by molar-refractivity contribution is 7.87. The minimum absolute atomic E-state index is 0.239. The summed E-state index contributed by atoms with van der Waals surface area (Å²) < 4.78 is 24.5. The molecule has 0 fully saturated rings. The Labute approximate surface area is 138 Å². The minimum atomic E-state index is -3.77. The normalized spacial score (nSPS) is 13.1. The molecule has 0 aliphatic rings. The summed E-state index contributed by atoms with van der Waals surface area (Å²) in [6.07, 6.45) is 0. The first-order valence-corrected chi connectivity index (χ1v) is 8.77. The molecule has 8 heteroatoms. The zero-order valence-corrected chi connectivity index (χ0v) is 13.7. The van der Waals surface area contributed by atoms with Gasteiger partial charge in [-0.1, -0.05) is 42.5 Å². The molecule has 3 rings (SSSR count). The molecule has 0 aliphatic carbocycles. The predicted octanol–water partition coefficient (Wildman–Crippen LogP) is 1.44. The molecule has 24 heavy (non-hydrogen) atoms. The van der Waals surface area contributed by atoms with Crippen LogP contribution < -0.4 is 15.4 Å². The fraction of sp³-hybridized carbons (Fsp3) is 0.125. The van der Waals surface area contributed by atoms with E-state index in [-0.39, 0.29) is 5.56 Å². The van der Waals surface area contributed by atoms with Crippen molar-refractivity contribution in [3.63, 3.8) is 0 Å². The van der Waals surface area contributed by atoms with E-state index in [0.29, 0.717) is 11.1 Å². The molecule has 7 nitrogen and oxygen atoms in total. The van der Waals surface area contributed by atoms with Crippen molar-refractivity contribution in [1.82, 2.24) is 14.9 Å². The van der Waals surface area contributed by atoms with Gasteiger partial charge in [0.15, 0.2) is 0 Å². The largest absolute Gasteiger partial charge is 0.274 e. The van der Waals surface area contributed by atoms with Crippen LogP contribution in [0.3, 0.4) is 0 Å². The Morgan fingerprint density at radius 3 is 2.33 bits per heavy atom. The number of aromatic amines is 1. The second-order valence-electron chi connectivity index (χ2n) is 5.45. The van der Waals surface area contributed by atoms with Crippen molar-refractivity contribution in [2.45, 2.75) is 13.0 Å². The van der Waals surface area contributed by atoms with Gasteiger partial charge in [0, 0.05) is 17.0 Å². The fourth-order valence-electron chi connectivity index (χ4n) is 2.58. The van der Waals surface area contributed by atoms with Crippen LogP contribution in [0.4, 0.5) is 0 Å². The van der Waals surface area contributed by atoms with Gasteiger partial charge in [-0.3, -0.25) is 4.79 Å². The number of rotatable bonds is 4. The van der Waals surface area contributed by atoms with Gasteiger partial charge in [-0.2, -0.15) is 18.2 Å². The molecule has 0 saturated heterocycles. The van der Waals surface area contributed by atoms with Crippen LogP contribution in [0.15, 0.2) is 53.3 Å². The molecule has 1 aromatic heterocycles. The minimum Gasteiger partial charge on any atom is -0.267 e. The van der Waals surface area contributed by atoms with Crippen LogP contribution in [0, 0.1) is 0 Å². The first kappa shape index (κ1) is 16.3. The van der Waals surface area contributed by atoms with Crippen molar-refractivity contribution >= 4 is 21.0 Å². The summed E-state index contributed by atoms with van der Waals surface area (Å²) in [5.41, 5.74) is 2.00. The third-order valence-corrected chi connectivity index (χ3v) is 4.40. The van der Waals surface area contributed by atoms with Gasteiger partial charge in [0.05, 0.1) is 11.1 Å². The molecular formula is C16H16N4O3S. The van der Waals surface area contributed by atoms with Gasteiger partial charge in [-0.05, 0) is 18.6 Å². The van der Waals surface area contributed by atoms with Crippen molar-refractivity contribution in [3.8, 4) is 11.3 Å². The molecule has 1 atom stereocenters. The topological polar surface area (TPSA) is 118 Å². The Morgan fingerprint density at radius 2 is 1.71 bits per heavy atom. The van der Waals surface area contributed by atoms with E-state index in [1.807, 2.05) is 24.3 Å². The summed E-state index contributed by atoms with van der Waals surface area (Å²) in [6.45, 7) is 1.70. The van der Waals surface area contributed by atoms with E-state index in [2.05, 4.69) is 14.9 Å². The molecule has 0 spiro atoms. The first-order valence-electron chi connectivity index (χ1n) is 7.23. The maximum atomic E-state index is 11.8. The highest BCUT2D eigenvalue weighted by atomic mass is 32.2. The Balaban J connectivity index is 2.00. The van der Waals surface area contributed by atoms with Gasteiger partial charge in [0.2, 0.25) is 0 Å². The van der Waals surface area contributed by atoms with Crippen molar-refractivity contribution < 1.29 is 8.42 Å². The van der Waals surface area contributed by atoms with E-state index >= 15 is 0 Å². The van der Waals surface area contributed by atoms with Crippen LogP contribution in [0.2, 0.25) is 0 Å². The zero-order valence-electron chi connectivity index (χ0n) is 12.9. The van der Waals surface area contributed by atoms with Gasteiger partial charge in [0.25, 0.3) is 15.8 Å². The summed E-state index contributed by atoms with van der Waals surface area (Å²) in [6, 6.07) is 14.0. The molecular weight excluding hydrogens is 328 g/mol. The predicted molar refractivity (Wildman–Crippen MR) is 92.5 cm³/mol. The molecule has 0 bridgehead atoms. The maximum absolute atomic E-state index is 11.8. The van der Waals surface area contributed by atoms with Crippen LogP contribution in [0.5, 0.6) is 0 Å². The molecule has 0 saturated carbocycles. The van der Waals surface area contributed by atoms with Crippen LogP contribution in [0.25, 0.3) is 22.0 Å². The molecule has 124 valence electrons. The fourth-order valence-corrected chi connectivity index (χ4v) is 3.21. The number of benzene rings is 2. The van der Waals surface area contributed by atoms with Crippen molar-refractivity contribution in [3.05, 3.63) is 64.4 Å². The number of nitrogens with two attached hydrogens (primary N) is 1. The van der Waals surface area contributed by atoms with Crippen LogP contribution in [0.1, 0.15) is 18.5 Å². The van der Waals surface area contributed by atoms with Gasteiger partial charge in [0.1, 0.15) is 0 Å². The summed E-state index contributed by atoms with van der Waals surface area (Å²) >= 11 is 0. The smallest absolute Gasteiger partial charge is 0.267 e. The molecule has 0 unspecified atom stereocenters. The lowest BCUT2D eigenvalue weighted by molar-refractivity contribution is 0.568. The lowest BCUT2D eigenvalue weighted by atomic mass is 10.0. The number of hydrogen-bond donors (Lipinski definition) is 3. The van der Waals surface area contributed by atoms with E-state index in [1.54, 1.807) is 31.2 Å². The highest BCUT2D eigenvalue weighted by Gasteiger charge is 2.12. The maximum Gasteiger partial charge on any atom is 0.274 e. The second-order valence-corrected chi connectivity index (χ2v) is 6.78. The van der Waals surface area contributed by atoms with Crippen molar-refractivity contribution in [2.75, 3.05) is 0 Å². The first-order chi connectivity index (χ1) is 11.3. The average Bonchev–Trinajstić information content (AvgIpc) is 2.54. The third-order valence-electron chi connectivity index (χ3n) is 3.72. The van der Waals surface area contributed by atoms with E-state index in [4.69, 9.17) is 5.14 Å². The average molecular weight is 344 g/mol. The Morgan fingerprint density at radius 1 is 1.08 bits per heavy atom. The summed E-state index contributed by atoms with van der Waals surface area (Å²) in [7, 11) is -3.77. The quantitative estimate of drug-likeness (QED) is 0.663. The van der Waals surface area contributed by atoms with Crippen LogP contribution in [-0.2, 0) is 10.2 Å². The lowest BCUT2D eigenvalue weighted by Crippen LogP contribution is -2.32.